The van der Waals surface area contributed by atoms with Gasteiger partial charge < -0.3 is 15.7 Å². The van der Waals surface area contributed by atoms with Crippen molar-refractivity contribution in [3.05, 3.63) is 85.4 Å². The third-order valence-electron chi connectivity index (χ3n) is 4.31. The van der Waals surface area contributed by atoms with Crippen molar-refractivity contribution in [1.29, 1.82) is 0 Å². The molecule has 174 valence electrons. The van der Waals surface area contributed by atoms with E-state index in [2.05, 4.69) is 28.1 Å². The molecule has 1 unspecified atom stereocenters. The van der Waals surface area contributed by atoms with E-state index in [-0.39, 0.29) is 18.3 Å². The number of nitrogens with zero attached hydrogens (tertiary/aromatic N) is 2. The molecule has 9 heteroatoms. The Morgan fingerprint density at radius 1 is 1.03 bits per heavy atom. The maximum Gasteiger partial charge on any atom is 0.323 e. The summed E-state index contributed by atoms with van der Waals surface area (Å²) in [5.41, 5.74) is 2.78. The highest BCUT2D eigenvalue weighted by Crippen LogP contribution is 2.26. The average Bonchev–Trinajstić information content (AvgIpc) is 2.81. The van der Waals surface area contributed by atoms with Crippen LogP contribution in [0.15, 0.2) is 90.3 Å². The number of aromatic nitrogens is 1. The van der Waals surface area contributed by atoms with E-state index in [9.17, 15) is 14.1 Å². The highest BCUT2D eigenvalue weighted by Gasteiger charge is 2.16. The SMILES string of the molecule is C=C(O)CN(N)S(=C)(=O)c1cccc(-c2cccc(NC(=O)Nc3ccncc3)c2)c1.CC. The second-order valence-electron chi connectivity index (χ2n) is 6.71. The molecule has 1 atom stereocenters. The monoisotopic (exact) mass is 467 g/mol. The number of benzene rings is 2. The van der Waals surface area contributed by atoms with Crippen LogP contribution in [0.5, 0.6) is 0 Å². The summed E-state index contributed by atoms with van der Waals surface area (Å²) in [4.78, 5) is 16.6. The van der Waals surface area contributed by atoms with Crippen molar-refractivity contribution >= 4 is 33.0 Å². The quantitative estimate of drug-likeness (QED) is 0.174. The second-order valence-corrected chi connectivity index (χ2v) is 8.93. The number of pyridine rings is 1. The van der Waals surface area contributed by atoms with Crippen molar-refractivity contribution in [3.63, 3.8) is 0 Å². The minimum atomic E-state index is -3.02. The highest BCUT2D eigenvalue weighted by atomic mass is 32.2. The van der Waals surface area contributed by atoms with Gasteiger partial charge in [0.15, 0.2) is 0 Å². The van der Waals surface area contributed by atoms with Crippen LogP contribution in [-0.4, -0.2) is 37.2 Å². The summed E-state index contributed by atoms with van der Waals surface area (Å²) >= 11 is 0. The standard InChI is InChI=1S/C22H23N5O3S.C2H6/c1-16(28)15-27(23)31(2,30)21-8-4-6-18(14-21)17-5-3-7-20(13-17)26-22(29)25-19-9-11-24-12-10-19;1-2/h3-14,28H,1-2,15,23H2,(H2,24,25,26,29);1-2H3. The largest absolute Gasteiger partial charge is 0.511 e. The zero-order valence-electron chi connectivity index (χ0n) is 18.7. The number of hydrogen-bond donors (Lipinski definition) is 4. The summed E-state index contributed by atoms with van der Waals surface area (Å²) in [7, 11) is -3.02. The van der Waals surface area contributed by atoms with E-state index in [0.29, 0.717) is 16.3 Å². The molecule has 1 aromatic heterocycles. The maximum atomic E-state index is 13.1. The Morgan fingerprint density at radius 2 is 1.61 bits per heavy atom. The molecule has 2 amide bonds. The van der Waals surface area contributed by atoms with Gasteiger partial charge in [0.2, 0.25) is 0 Å². The van der Waals surface area contributed by atoms with Crippen LogP contribution in [0.25, 0.3) is 11.1 Å². The van der Waals surface area contributed by atoms with Gasteiger partial charge in [0.25, 0.3) is 0 Å². The Hall–Kier alpha value is -3.66. The van der Waals surface area contributed by atoms with Crippen molar-refractivity contribution in [3.8, 4) is 11.1 Å². The van der Waals surface area contributed by atoms with Gasteiger partial charge >= 0.3 is 6.03 Å². The van der Waals surface area contributed by atoms with Crippen LogP contribution >= 0.6 is 0 Å². The lowest BCUT2D eigenvalue weighted by atomic mass is 10.1. The van der Waals surface area contributed by atoms with Gasteiger partial charge in [-0.3, -0.25) is 10.8 Å². The summed E-state index contributed by atoms with van der Waals surface area (Å²) in [6, 6.07) is 17.2. The number of rotatable bonds is 7. The Morgan fingerprint density at radius 3 is 2.24 bits per heavy atom. The predicted octanol–water partition coefficient (Wildman–Crippen LogP) is 4.66. The second kappa shape index (κ2) is 11.8. The molecule has 3 aromatic rings. The fraction of sp³-hybridized carbons (Fsp3) is 0.125. The molecule has 0 aliphatic carbocycles. The zero-order valence-corrected chi connectivity index (χ0v) is 19.5. The highest BCUT2D eigenvalue weighted by molar-refractivity contribution is 7.98. The number of carbonyl (C=O) groups is 1. The van der Waals surface area contributed by atoms with Crippen LogP contribution in [0.2, 0.25) is 0 Å². The van der Waals surface area contributed by atoms with E-state index in [1.54, 1.807) is 60.9 Å². The van der Waals surface area contributed by atoms with Gasteiger partial charge in [-0.25, -0.2) is 9.00 Å². The molecule has 0 bridgehead atoms. The Bertz CT molecular complexity index is 1200. The third-order valence-corrected chi connectivity index (χ3v) is 6.19. The Kier molecular flexibility index (Phi) is 9.17. The molecule has 0 aliphatic heterocycles. The van der Waals surface area contributed by atoms with E-state index in [1.807, 2.05) is 26.0 Å². The predicted molar refractivity (Wildman–Crippen MR) is 136 cm³/mol. The first-order valence-electron chi connectivity index (χ1n) is 10.2. The number of hydrogen-bond acceptors (Lipinski definition) is 5. The fourth-order valence-electron chi connectivity index (χ4n) is 2.80. The lowest BCUT2D eigenvalue weighted by Crippen LogP contribution is -2.38. The van der Waals surface area contributed by atoms with Gasteiger partial charge in [0, 0.05) is 28.7 Å². The molecule has 0 saturated heterocycles. The van der Waals surface area contributed by atoms with Crippen molar-refractivity contribution in [2.24, 2.45) is 5.84 Å². The number of amides is 2. The first-order valence-corrected chi connectivity index (χ1v) is 11.9. The summed E-state index contributed by atoms with van der Waals surface area (Å²) in [6.07, 6.45) is 3.17. The molecule has 33 heavy (non-hydrogen) atoms. The van der Waals surface area contributed by atoms with Crippen molar-refractivity contribution in [2.75, 3.05) is 17.2 Å². The number of urea groups is 1. The zero-order chi connectivity index (χ0) is 24.4. The van der Waals surface area contributed by atoms with Crippen LogP contribution in [0, 0.1) is 0 Å². The van der Waals surface area contributed by atoms with Gasteiger partial charge in [0.1, 0.15) is 5.76 Å². The van der Waals surface area contributed by atoms with E-state index >= 15 is 0 Å². The normalized spacial score (nSPS) is 12.1. The first kappa shape index (κ1) is 25.6. The summed E-state index contributed by atoms with van der Waals surface area (Å²) in [6.45, 7) is 7.20. The number of anilines is 2. The van der Waals surface area contributed by atoms with Crippen molar-refractivity contribution in [1.82, 2.24) is 9.40 Å². The maximum absolute atomic E-state index is 13.1. The molecule has 3 rings (SSSR count). The minimum Gasteiger partial charge on any atom is -0.511 e. The minimum absolute atomic E-state index is 0.168. The number of aliphatic hydroxyl groups excluding tert-OH is 1. The van der Waals surface area contributed by atoms with Crippen LogP contribution in [0.1, 0.15) is 13.8 Å². The van der Waals surface area contributed by atoms with E-state index in [4.69, 9.17) is 5.84 Å². The molecule has 0 spiro atoms. The van der Waals surface area contributed by atoms with Crippen LogP contribution in [0.3, 0.4) is 0 Å². The number of nitrogens with one attached hydrogen (secondary N) is 2. The molecule has 0 aliphatic rings. The first-order chi connectivity index (χ1) is 15.8. The van der Waals surface area contributed by atoms with Gasteiger partial charge in [-0.2, -0.15) is 4.41 Å². The summed E-state index contributed by atoms with van der Waals surface area (Å²) in [5, 5.41) is 14.9. The topological polar surface area (TPSA) is 121 Å². The molecule has 8 nitrogen and oxygen atoms in total. The lowest BCUT2D eigenvalue weighted by Gasteiger charge is -2.21. The molecule has 0 fully saturated rings. The molecule has 0 radical (unpaired) electrons. The Balaban J connectivity index is 0.00000187. The van der Waals surface area contributed by atoms with Gasteiger partial charge in [0.05, 0.1) is 16.3 Å². The van der Waals surface area contributed by atoms with Crippen LogP contribution < -0.4 is 16.5 Å². The molecule has 2 aromatic carbocycles. The average molecular weight is 468 g/mol. The third kappa shape index (κ3) is 7.18. The van der Waals surface area contributed by atoms with E-state index in [0.717, 1.165) is 15.5 Å². The smallest absolute Gasteiger partial charge is 0.323 e. The molecular formula is C24H29N5O3S. The summed E-state index contributed by atoms with van der Waals surface area (Å²) in [5.74, 6) is 9.35. The van der Waals surface area contributed by atoms with Gasteiger partial charge in [-0.15, -0.1) is 0 Å². The van der Waals surface area contributed by atoms with Gasteiger partial charge in [-0.05, 0) is 53.4 Å². The molecule has 1 heterocycles. The molecule has 0 saturated carbocycles. The van der Waals surface area contributed by atoms with E-state index < -0.39 is 9.71 Å². The summed E-state index contributed by atoms with van der Waals surface area (Å²) < 4.78 is 14.0. The lowest BCUT2D eigenvalue weighted by molar-refractivity contribution is 0.262. The van der Waals surface area contributed by atoms with Crippen LogP contribution in [-0.2, 0) is 9.71 Å². The number of nitrogens with two attached hydrogens (primary N) is 1. The van der Waals surface area contributed by atoms with Crippen molar-refractivity contribution in [2.45, 2.75) is 18.7 Å². The number of hydrazine groups is 1. The fourth-order valence-corrected chi connectivity index (χ4v) is 4.03. The van der Waals surface area contributed by atoms with E-state index in [1.165, 1.54) is 0 Å². The molecular weight excluding hydrogens is 438 g/mol. The molecule has 5 N–H and O–H groups in total. The Labute approximate surface area is 194 Å². The number of carbonyl (C=O) groups excluding carboxylic acids is 1. The van der Waals surface area contributed by atoms with Gasteiger partial charge in [-0.1, -0.05) is 44.7 Å². The van der Waals surface area contributed by atoms with Crippen molar-refractivity contribution < 1.29 is 14.1 Å². The van der Waals surface area contributed by atoms with Crippen LogP contribution in [0.4, 0.5) is 16.2 Å². The number of aliphatic hydroxyl groups is 1.